The van der Waals surface area contributed by atoms with Gasteiger partial charge in [-0.2, -0.15) is 0 Å². The van der Waals surface area contributed by atoms with Crippen molar-refractivity contribution in [1.29, 1.82) is 0 Å². The Labute approximate surface area is 149 Å². The van der Waals surface area contributed by atoms with Crippen molar-refractivity contribution in [2.24, 2.45) is 0 Å². The van der Waals surface area contributed by atoms with Crippen molar-refractivity contribution >= 4 is 16.8 Å². The quantitative estimate of drug-likeness (QED) is 0.664. The van der Waals surface area contributed by atoms with Crippen LogP contribution in [0.3, 0.4) is 0 Å². The van der Waals surface area contributed by atoms with E-state index in [1.165, 1.54) is 5.56 Å². The second-order valence-corrected chi connectivity index (χ2v) is 6.49. The molecule has 3 heteroatoms. The van der Waals surface area contributed by atoms with Gasteiger partial charge in [0.2, 0.25) is 0 Å². The van der Waals surface area contributed by atoms with Gasteiger partial charge in [0.1, 0.15) is 0 Å². The number of nitrogens with one attached hydrogen (secondary N) is 1. The van der Waals surface area contributed by atoms with Crippen LogP contribution in [0, 0.1) is 13.8 Å². The number of benzene rings is 2. The third kappa shape index (κ3) is 3.71. The van der Waals surface area contributed by atoms with E-state index in [1.54, 1.807) is 0 Å². The lowest BCUT2D eigenvalue weighted by atomic mass is 9.98. The number of aryl methyl sites for hydroxylation is 2. The lowest BCUT2D eigenvalue weighted by molar-refractivity contribution is 0.0954. The normalized spacial score (nSPS) is 10.8. The van der Waals surface area contributed by atoms with E-state index >= 15 is 0 Å². The number of para-hydroxylation sites is 1. The monoisotopic (exact) mass is 332 g/mol. The van der Waals surface area contributed by atoms with Gasteiger partial charge in [0.05, 0.1) is 11.1 Å². The minimum atomic E-state index is -0.0231. The van der Waals surface area contributed by atoms with E-state index in [1.807, 2.05) is 25.1 Å². The van der Waals surface area contributed by atoms with Gasteiger partial charge in [-0.05, 0) is 31.9 Å². The Morgan fingerprint density at radius 1 is 1.08 bits per heavy atom. The predicted octanol–water partition coefficient (Wildman–Crippen LogP) is 5.05. The maximum Gasteiger partial charge on any atom is 0.252 e. The van der Waals surface area contributed by atoms with E-state index in [-0.39, 0.29) is 5.91 Å². The number of aromatic nitrogens is 1. The van der Waals surface area contributed by atoms with Crippen LogP contribution < -0.4 is 5.32 Å². The van der Waals surface area contributed by atoms with Crippen molar-refractivity contribution in [3.63, 3.8) is 0 Å². The van der Waals surface area contributed by atoms with E-state index in [0.29, 0.717) is 12.1 Å². The van der Waals surface area contributed by atoms with Gasteiger partial charge in [0, 0.05) is 23.2 Å². The van der Waals surface area contributed by atoms with Crippen LogP contribution in [0.25, 0.3) is 22.0 Å². The molecule has 0 saturated heterocycles. The smallest absolute Gasteiger partial charge is 0.252 e. The Balaban J connectivity index is 2.10. The van der Waals surface area contributed by atoms with Gasteiger partial charge in [-0.25, -0.2) is 0 Å². The molecule has 0 aliphatic heterocycles. The van der Waals surface area contributed by atoms with Crippen molar-refractivity contribution in [1.82, 2.24) is 10.3 Å². The number of carbonyl (C=O) groups is 1. The molecule has 0 radical (unpaired) electrons. The molecule has 0 fully saturated rings. The van der Waals surface area contributed by atoms with E-state index in [4.69, 9.17) is 4.98 Å². The number of unbranched alkanes of at least 4 members (excludes halogenated alkanes) is 1. The first-order chi connectivity index (χ1) is 12.1. The van der Waals surface area contributed by atoms with Crippen LogP contribution in [0.15, 0.2) is 48.5 Å². The lowest BCUT2D eigenvalue weighted by Gasteiger charge is -2.12. The Morgan fingerprint density at radius 2 is 1.84 bits per heavy atom. The molecule has 3 aromatic rings. The molecule has 0 spiro atoms. The van der Waals surface area contributed by atoms with E-state index in [9.17, 15) is 4.79 Å². The average molecular weight is 332 g/mol. The van der Waals surface area contributed by atoms with E-state index in [0.717, 1.165) is 40.6 Å². The Bertz CT molecular complexity index is 898. The summed E-state index contributed by atoms with van der Waals surface area (Å²) in [4.78, 5) is 17.4. The summed E-state index contributed by atoms with van der Waals surface area (Å²) in [7, 11) is 0. The summed E-state index contributed by atoms with van der Waals surface area (Å²) in [6, 6.07) is 16.3. The second kappa shape index (κ2) is 7.47. The predicted molar refractivity (Wildman–Crippen MR) is 104 cm³/mol. The number of hydrogen-bond donors (Lipinski definition) is 1. The molecule has 3 nitrogen and oxygen atoms in total. The highest BCUT2D eigenvalue weighted by atomic mass is 16.1. The second-order valence-electron chi connectivity index (χ2n) is 6.49. The molecule has 3 rings (SSSR count). The van der Waals surface area contributed by atoms with Crippen molar-refractivity contribution in [2.75, 3.05) is 6.54 Å². The van der Waals surface area contributed by atoms with Gasteiger partial charge >= 0.3 is 0 Å². The van der Waals surface area contributed by atoms with E-state index in [2.05, 4.69) is 49.5 Å². The first-order valence-electron chi connectivity index (χ1n) is 8.85. The van der Waals surface area contributed by atoms with Crippen LogP contribution in [-0.4, -0.2) is 17.4 Å². The molecule has 1 amide bonds. The Morgan fingerprint density at radius 3 is 2.56 bits per heavy atom. The molecular formula is C22H24N2O. The SMILES string of the molecule is CCCCNC(=O)c1cc(C)nc2c(-c3ccc(C)cc3)cccc12. The van der Waals surface area contributed by atoms with Crippen molar-refractivity contribution in [3.05, 3.63) is 65.4 Å². The first-order valence-corrected chi connectivity index (χ1v) is 8.85. The largest absolute Gasteiger partial charge is 0.352 e. The molecule has 0 saturated carbocycles. The van der Waals surface area contributed by atoms with E-state index < -0.39 is 0 Å². The molecule has 1 aromatic heterocycles. The maximum absolute atomic E-state index is 12.6. The number of rotatable bonds is 5. The van der Waals surface area contributed by atoms with Crippen LogP contribution in [0.2, 0.25) is 0 Å². The van der Waals surface area contributed by atoms with Crippen molar-refractivity contribution in [2.45, 2.75) is 33.6 Å². The topological polar surface area (TPSA) is 42.0 Å². The molecule has 25 heavy (non-hydrogen) atoms. The Kier molecular flexibility index (Phi) is 5.13. The van der Waals surface area contributed by atoms with Gasteiger partial charge in [0.25, 0.3) is 5.91 Å². The average Bonchev–Trinajstić information content (AvgIpc) is 2.61. The minimum Gasteiger partial charge on any atom is -0.352 e. The van der Waals surface area contributed by atoms with Crippen LogP contribution in [0.1, 0.15) is 41.4 Å². The molecule has 1 N–H and O–H groups in total. The summed E-state index contributed by atoms with van der Waals surface area (Å²) in [5, 5.41) is 3.92. The molecule has 0 aliphatic carbocycles. The molecule has 128 valence electrons. The van der Waals surface area contributed by atoms with Gasteiger partial charge in [-0.3, -0.25) is 9.78 Å². The standard InChI is InChI=1S/C22H24N2O/c1-4-5-13-23-22(25)20-14-16(3)24-21-18(7-6-8-19(20)21)17-11-9-15(2)10-12-17/h6-12,14H,4-5,13H2,1-3H3,(H,23,25). The van der Waals surface area contributed by atoms with Crippen LogP contribution in [0.5, 0.6) is 0 Å². The number of nitrogens with zero attached hydrogens (tertiary/aromatic N) is 1. The fraction of sp³-hybridized carbons (Fsp3) is 0.273. The third-order valence-electron chi connectivity index (χ3n) is 4.39. The molecule has 2 aromatic carbocycles. The van der Waals surface area contributed by atoms with Gasteiger partial charge in [0.15, 0.2) is 0 Å². The van der Waals surface area contributed by atoms with Crippen LogP contribution in [0.4, 0.5) is 0 Å². The lowest BCUT2D eigenvalue weighted by Crippen LogP contribution is -2.24. The molecule has 0 aliphatic rings. The fourth-order valence-corrected chi connectivity index (χ4v) is 3.00. The molecular weight excluding hydrogens is 308 g/mol. The summed E-state index contributed by atoms with van der Waals surface area (Å²) in [6.07, 6.45) is 2.05. The highest BCUT2D eigenvalue weighted by molar-refractivity contribution is 6.09. The number of carbonyl (C=O) groups excluding carboxylic acids is 1. The van der Waals surface area contributed by atoms with Gasteiger partial charge in [-0.15, -0.1) is 0 Å². The zero-order valence-electron chi connectivity index (χ0n) is 15.1. The molecule has 0 unspecified atom stereocenters. The number of pyridine rings is 1. The molecule has 0 bridgehead atoms. The number of amides is 1. The fourth-order valence-electron chi connectivity index (χ4n) is 3.00. The Hall–Kier alpha value is -2.68. The van der Waals surface area contributed by atoms with Crippen LogP contribution >= 0.6 is 0 Å². The third-order valence-corrected chi connectivity index (χ3v) is 4.39. The first kappa shape index (κ1) is 17.2. The van der Waals surface area contributed by atoms with Gasteiger partial charge < -0.3 is 5.32 Å². The molecule has 0 atom stereocenters. The highest BCUT2D eigenvalue weighted by Gasteiger charge is 2.14. The molecule has 1 heterocycles. The van der Waals surface area contributed by atoms with Crippen molar-refractivity contribution < 1.29 is 4.79 Å². The summed E-state index contributed by atoms with van der Waals surface area (Å²) < 4.78 is 0. The van der Waals surface area contributed by atoms with Crippen molar-refractivity contribution in [3.8, 4) is 11.1 Å². The highest BCUT2D eigenvalue weighted by Crippen LogP contribution is 2.29. The zero-order chi connectivity index (χ0) is 17.8. The minimum absolute atomic E-state index is 0.0231. The number of hydrogen-bond acceptors (Lipinski definition) is 2. The summed E-state index contributed by atoms with van der Waals surface area (Å²) in [5.74, 6) is -0.0231. The summed E-state index contributed by atoms with van der Waals surface area (Å²) in [6.45, 7) is 6.84. The summed E-state index contributed by atoms with van der Waals surface area (Å²) in [5.41, 5.74) is 5.84. The zero-order valence-corrected chi connectivity index (χ0v) is 15.1. The summed E-state index contributed by atoms with van der Waals surface area (Å²) >= 11 is 0. The van der Waals surface area contributed by atoms with Crippen LogP contribution in [-0.2, 0) is 0 Å². The number of fused-ring (bicyclic) bond motifs is 1. The van der Waals surface area contributed by atoms with Gasteiger partial charge in [-0.1, -0.05) is 61.4 Å². The maximum atomic E-state index is 12.6.